The molecule has 0 spiro atoms. The van der Waals surface area contributed by atoms with Crippen LogP contribution < -0.4 is 16.0 Å². The largest absolute Gasteiger partial charge is 0.350 e. The molecule has 1 aromatic carbocycles. The van der Waals surface area contributed by atoms with Gasteiger partial charge in [-0.05, 0) is 45.0 Å². The van der Waals surface area contributed by atoms with Gasteiger partial charge in [-0.25, -0.2) is 4.79 Å². The standard InChI is InChI=1S/C19H24N4O3S/c1-19(2,3)22-15(24)12-23(4)17(25)14-10-11-16(27-14)21-18(26)20-13-8-6-5-7-9-13/h5-11H,12H2,1-4H3,(H,22,24)(H2,20,21,26). The number of nitrogens with zero attached hydrogens (tertiary/aromatic N) is 1. The summed E-state index contributed by atoms with van der Waals surface area (Å²) in [4.78, 5) is 38.2. The number of para-hydroxylation sites is 1. The van der Waals surface area contributed by atoms with E-state index in [9.17, 15) is 14.4 Å². The van der Waals surface area contributed by atoms with Crippen LogP contribution in [0.3, 0.4) is 0 Å². The molecule has 0 bridgehead atoms. The first-order valence-corrected chi connectivity index (χ1v) is 9.25. The van der Waals surface area contributed by atoms with Crippen molar-refractivity contribution in [2.45, 2.75) is 26.3 Å². The summed E-state index contributed by atoms with van der Waals surface area (Å²) in [5, 5.41) is 8.76. The fourth-order valence-electron chi connectivity index (χ4n) is 2.25. The Bertz CT molecular complexity index is 812. The summed E-state index contributed by atoms with van der Waals surface area (Å²) in [6.45, 7) is 5.60. The van der Waals surface area contributed by atoms with E-state index in [1.165, 1.54) is 4.90 Å². The zero-order chi connectivity index (χ0) is 20.0. The fraction of sp³-hybridized carbons (Fsp3) is 0.316. The SMILES string of the molecule is CN(CC(=O)NC(C)(C)C)C(=O)c1ccc(NC(=O)Nc2ccccc2)s1. The van der Waals surface area contributed by atoms with Gasteiger partial charge in [-0.2, -0.15) is 0 Å². The van der Waals surface area contributed by atoms with Crippen LogP contribution in [0.2, 0.25) is 0 Å². The van der Waals surface area contributed by atoms with Crippen LogP contribution in [0.25, 0.3) is 0 Å². The number of amides is 4. The zero-order valence-corrected chi connectivity index (χ0v) is 16.6. The number of hydrogen-bond donors (Lipinski definition) is 3. The Balaban J connectivity index is 1.91. The first-order valence-electron chi connectivity index (χ1n) is 8.43. The van der Waals surface area contributed by atoms with E-state index in [4.69, 9.17) is 0 Å². The van der Waals surface area contributed by atoms with Crippen molar-refractivity contribution >= 4 is 39.9 Å². The third-order valence-electron chi connectivity index (χ3n) is 3.33. The number of urea groups is 1. The molecule has 2 rings (SSSR count). The molecule has 4 amide bonds. The van der Waals surface area contributed by atoms with Gasteiger partial charge in [-0.15, -0.1) is 11.3 Å². The molecule has 0 fully saturated rings. The van der Waals surface area contributed by atoms with Crippen molar-refractivity contribution in [3.05, 3.63) is 47.3 Å². The third kappa shape index (κ3) is 6.74. The summed E-state index contributed by atoms with van der Waals surface area (Å²) < 4.78 is 0. The van der Waals surface area contributed by atoms with E-state index >= 15 is 0 Å². The van der Waals surface area contributed by atoms with Crippen molar-refractivity contribution < 1.29 is 14.4 Å². The van der Waals surface area contributed by atoms with Gasteiger partial charge in [-0.3, -0.25) is 14.9 Å². The summed E-state index contributed by atoms with van der Waals surface area (Å²) >= 11 is 1.15. The van der Waals surface area contributed by atoms with Gasteiger partial charge in [0.2, 0.25) is 5.91 Å². The molecule has 0 aliphatic rings. The molecule has 0 saturated heterocycles. The third-order valence-corrected chi connectivity index (χ3v) is 4.32. The molecule has 0 saturated carbocycles. The summed E-state index contributed by atoms with van der Waals surface area (Å²) in [6, 6.07) is 12.0. The van der Waals surface area contributed by atoms with E-state index in [1.807, 2.05) is 39.0 Å². The first-order chi connectivity index (χ1) is 12.6. The maximum Gasteiger partial charge on any atom is 0.324 e. The molecule has 0 atom stereocenters. The Hall–Kier alpha value is -2.87. The van der Waals surface area contributed by atoms with Crippen LogP contribution >= 0.6 is 11.3 Å². The van der Waals surface area contributed by atoms with E-state index in [1.54, 1.807) is 31.3 Å². The van der Waals surface area contributed by atoms with Crippen molar-refractivity contribution in [2.24, 2.45) is 0 Å². The quantitative estimate of drug-likeness (QED) is 0.733. The average Bonchev–Trinajstić information content (AvgIpc) is 3.01. The van der Waals surface area contributed by atoms with E-state index in [0.29, 0.717) is 15.6 Å². The van der Waals surface area contributed by atoms with Crippen LogP contribution in [0.1, 0.15) is 30.4 Å². The predicted octanol–water partition coefficient (Wildman–Crippen LogP) is 3.38. The molecule has 27 heavy (non-hydrogen) atoms. The van der Waals surface area contributed by atoms with E-state index in [0.717, 1.165) is 11.3 Å². The molecule has 8 heteroatoms. The lowest BCUT2D eigenvalue weighted by Crippen LogP contribution is -2.46. The first kappa shape index (κ1) is 20.4. The molecule has 0 unspecified atom stereocenters. The molecule has 0 aliphatic carbocycles. The number of thiophene rings is 1. The maximum absolute atomic E-state index is 12.5. The fourth-order valence-corrected chi connectivity index (χ4v) is 3.14. The molecule has 2 aromatic rings. The lowest BCUT2D eigenvalue weighted by molar-refractivity contribution is -0.122. The Morgan fingerprint density at radius 2 is 1.67 bits per heavy atom. The molecular formula is C19H24N4O3S. The molecule has 144 valence electrons. The van der Waals surface area contributed by atoms with Crippen molar-refractivity contribution in [3.8, 4) is 0 Å². The van der Waals surface area contributed by atoms with Gasteiger partial charge >= 0.3 is 6.03 Å². The highest BCUT2D eigenvalue weighted by molar-refractivity contribution is 7.18. The van der Waals surface area contributed by atoms with E-state index in [2.05, 4.69) is 16.0 Å². The molecular weight excluding hydrogens is 364 g/mol. The van der Waals surface area contributed by atoms with Crippen molar-refractivity contribution in [1.82, 2.24) is 10.2 Å². The number of carbonyl (C=O) groups is 3. The van der Waals surface area contributed by atoms with Crippen LogP contribution in [0.15, 0.2) is 42.5 Å². The second kappa shape index (κ2) is 8.68. The molecule has 1 aromatic heterocycles. The predicted molar refractivity (Wildman–Crippen MR) is 108 cm³/mol. The van der Waals surface area contributed by atoms with Crippen LogP contribution in [-0.4, -0.2) is 41.9 Å². The molecule has 0 aliphatic heterocycles. The Labute approximate surface area is 162 Å². The van der Waals surface area contributed by atoms with E-state index < -0.39 is 0 Å². The topological polar surface area (TPSA) is 90.5 Å². The minimum atomic E-state index is -0.389. The number of likely N-dealkylation sites (N-methyl/N-ethyl adjacent to an activating group) is 1. The number of benzene rings is 1. The number of hydrogen-bond acceptors (Lipinski definition) is 4. The summed E-state index contributed by atoms with van der Waals surface area (Å²) in [7, 11) is 1.57. The molecule has 3 N–H and O–H groups in total. The van der Waals surface area contributed by atoms with Gasteiger partial charge in [0.05, 0.1) is 16.4 Å². The number of rotatable bonds is 5. The number of nitrogens with one attached hydrogen (secondary N) is 3. The minimum absolute atomic E-state index is 0.0364. The Morgan fingerprint density at radius 1 is 1.00 bits per heavy atom. The number of anilines is 2. The lowest BCUT2D eigenvalue weighted by Gasteiger charge is -2.23. The summed E-state index contributed by atoms with van der Waals surface area (Å²) in [5.74, 6) is -0.504. The van der Waals surface area contributed by atoms with Gasteiger partial charge in [0, 0.05) is 18.3 Å². The second-order valence-corrected chi connectivity index (χ2v) is 8.15. The van der Waals surface area contributed by atoms with Gasteiger partial charge in [0.25, 0.3) is 5.91 Å². The van der Waals surface area contributed by atoms with Crippen molar-refractivity contribution in [2.75, 3.05) is 24.2 Å². The second-order valence-electron chi connectivity index (χ2n) is 7.07. The lowest BCUT2D eigenvalue weighted by atomic mass is 10.1. The highest BCUT2D eigenvalue weighted by Gasteiger charge is 2.20. The summed E-state index contributed by atoms with van der Waals surface area (Å²) in [5.41, 5.74) is 0.320. The smallest absolute Gasteiger partial charge is 0.324 e. The highest BCUT2D eigenvalue weighted by atomic mass is 32.1. The highest BCUT2D eigenvalue weighted by Crippen LogP contribution is 2.23. The molecule has 7 nitrogen and oxygen atoms in total. The van der Waals surface area contributed by atoms with E-state index in [-0.39, 0.29) is 29.9 Å². The minimum Gasteiger partial charge on any atom is -0.350 e. The summed E-state index contributed by atoms with van der Waals surface area (Å²) in [6.07, 6.45) is 0. The van der Waals surface area contributed by atoms with Crippen LogP contribution in [0, 0.1) is 0 Å². The zero-order valence-electron chi connectivity index (χ0n) is 15.8. The normalized spacial score (nSPS) is 10.8. The van der Waals surface area contributed by atoms with Crippen LogP contribution in [-0.2, 0) is 4.79 Å². The van der Waals surface area contributed by atoms with Gasteiger partial charge < -0.3 is 15.5 Å². The molecule has 0 radical (unpaired) electrons. The average molecular weight is 388 g/mol. The van der Waals surface area contributed by atoms with Crippen molar-refractivity contribution in [3.63, 3.8) is 0 Å². The van der Waals surface area contributed by atoms with Gasteiger partial charge in [0.15, 0.2) is 0 Å². The van der Waals surface area contributed by atoms with Crippen molar-refractivity contribution in [1.29, 1.82) is 0 Å². The molecule has 1 heterocycles. The Kier molecular flexibility index (Phi) is 6.57. The van der Waals surface area contributed by atoms with Crippen LogP contribution in [0.4, 0.5) is 15.5 Å². The number of carbonyl (C=O) groups excluding carboxylic acids is 3. The van der Waals surface area contributed by atoms with Crippen LogP contribution in [0.5, 0.6) is 0 Å². The monoisotopic (exact) mass is 388 g/mol. The van der Waals surface area contributed by atoms with Gasteiger partial charge in [-0.1, -0.05) is 18.2 Å². The Morgan fingerprint density at radius 3 is 2.30 bits per heavy atom. The van der Waals surface area contributed by atoms with Gasteiger partial charge in [0.1, 0.15) is 0 Å². The maximum atomic E-state index is 12.5.